The van der Waals surface area contributed by atoms with E-state index in [1.54, 1.807) is 0 Å². The Morgan fingerprint density at radius 3 is 2.93 bits per heavy atom. The van der Waals surface area contributed by atoms with E-state index in [2.05, 4.69) is 25.8 Å². The third kappa shape index (κ3) is 1.51. The standard InChI is InChI=1S/C9H5BrFNO3/c10-5-1-2-6(11)7-4(9(13)15-14)3-12-8(5)7/h1-3,12,14H. The molecule has 2 aromatic rings. The summed E-state index contributed by atoms with van der Waals surface area (Å²) in [6.07, 6.45) is 1.27. The van der Waals surface area contributed by atoms with Crippen molar-refractivity contribution in [1.29, 1.82) is 0 Å². The highest BCUT2D eigenvalue weighted by Crippen LogP contribution is 2.28. The first-order valence-corrected chi connectivity index (χ1v) is 4.75. The lowest BCUT2D eigenvalue weighted by Gasteiger charge is -1.98. The normalized spacial score (nSPS) is 10.6. The number of benzene rings is 1. The Morgan fingerprint density at radius 1 is 1.53 bits per heavy atom. The molecule has 1 heterocycles. The average molecular weight is 274 g/mol. The lowest BCUT2D eigenvalue weighted by molar-refractivity contribution is -0.182. The van der Waals surface area contributed by atoms with Crippen molar-refractivity contribution in [3.8, 4) is 0 Å². The second-order valence-electron chi connectivity index (χ2n) is 2.86. The largest absolute Gasteiger partial charge is 0.375 e. The number of aromatic nitrogens is 1. The van der Waals surface area contributed by atoms with E-state index in [1.165, 1.54) is 18.3 Å². The van der Waals surface area contributed by atoms with Crippen LogP contribution >= 0.6 is 15.9 Å². The maximum absolute atomic E-state index is 13.4. The molecule has 0 saturated heterocycles. The molecule has 0 amide bonds. The zero-order chi connectivity index (χ0) is 11.0. The zero-order valence-corrected chi connectivity index (χ0v) is 8.84. The Kier molecular flexibility index (Phi) is 2.45. The lowest BCUT2D eigenvalue weighted by atomic mass is 10.1. The summed E-state index contributed by atoms with van der Waals surface area (Å²) in [5.74, 6) is -1.56. The second kappa shape index (κ2) is 3.63. The van der Waals surface area contributed by atoms with Crippen molar-refractivity contribution in [2.45, 2.75) is 0 Å². The molecule has 0 radical (unpaired) electrons. The molecular formula is C9H5BrFNO3. The maximum Gasteiger partial charge on any atom is 0.375 e. The van der Waals surface area contributed by atoms with Crippen LogP contribution in [0.1, 0.15) is 10.4 Å². The van der Waals surface area contributed by atoms with Crippen molar-refractivity contribution in [3.63, 3.8) is 0 Å². The van der Waals surface area contributed by atoms with Gasteiger partial charge in [0, 0.05) is 10.7 Å². The molecule has 0 bridgehead atoms. The second-order valence-corrected chi connectivity index (χ2v) is 3.71. The van der Waals surface area contributed by atoms with Gasteiger partial charge in [-0.15, -0.1) is 0 Å². The fourth-order valence-electron chi connectivity index (χ4n) is 1.38. The van der Waals surface area contributed by atoms with Crippen molar-refractivity contribution in [2.75, 3.05) is 0 Å². The minimum atomic E-state index is -1.00. The summed E-state index contributed by atoms with van der Waals surface area (Å²) in [5.41, 5.74) is 0.390. The molecular weight excluding hydrogens is 269 g/mol. The molecule has 2 N–H and O–H groups in total. The smallest absolute Gasteiger partial charge is 0.359 e. The molecule has 0 saturated carbocycles. The summed E-state index contributed by atoms with van der Waals surface area (Å²) in [7, 11) is 0. The monoisotopic (exact) mass is 273 g/mol. The minimum absolute atomic E-state index is 0.0497. The van der Waals surface area contributed by atoms with Gasteiger partial charge in [-0.3, -0.25) is 4.89 Å². The molecule has 4 nitrogen and oxygen atoms in total. The molecule has 1 aromatic heterocycles. The average Bonchev–Trinajstić information content (AvgIpc) is 2.68. The molecule has 15 heavy (non-hydrogen) atoms. The first kappa shape index (κ1) is 10.1. The number of carbonyl (C=O) groups is 1. The molecule has 6 heteroatoms. The molecule has 0 unspecified atom stereocenters. The van der Waals surface area contributed by atoms with Gasteiger partial charge in [0.15, 0.2) is 0 Å². The number of fused-ring (bicyclic) bond motifs is 1. The van der Waals surface area contributed by atoms with Crippen LogP contribution in [-0.4, -0.2) is 16.2 Å². The van der Waals surface area contributed by atoms with Gasteiger partial charge in [0.05, 0.1) is 16.5 Å². The topological polar surface area (TPSA) is 62.3 Å². The zero-order valence-electron chi connectivity index (χ0n) is 7.25. The number of aromatic amines is 1. The molecule has 0 aliphatic heterocycles. The Bertz CT molecular complexity index is 537. The third-order valence-corrected chi connectivity index (χ3v) is 2.70. The first-order chi connectivity index (χ1) is 7.15. The summed E-state index contributed by atoms with van der Waals surface area (Å²) < 4.78 is 14.0. The van der Waals surface area contributed by atoms with Crippen LogP contribution in [0.25, 0.3) is 10.9 Å². The number of carbonyl (C=O) groups excluding carboxylic acids is 1. The summed E-state index contributed by atoms with van der Waals surface area (Å²) in [6, 6.07) is 2.73. The fraction of sp³-hybridized carbons (Fsp3) is 0. The van der Waals surface area contributed by atoms with E-state index in [4.69, 9.17) is 5.26 Å². The molecule has 0 fully saturated rings. The van der Waals surface area contributed by atoms with E-state index < -0.39 is 11.8 Å². The Balaban J connectivity index is 2.79. The number of H-pyrrole nitrogens is 1. The van der Waals surface area contributed by atoms with Crippen molar-refractivity contribution >= 4 is 32.8 Å². The van der Waals surface area contributed by atoms with Gasteiger partial charge in [-0.2, -0.15) is 5.26 Å². The fourth-order valence-corrected chi connectivity index (χ4v) is 1.83. The Hall–Kier alpha value is -1.40. The van der Waals surface area contributed by atoms with Gasteiger partial charge in [-0.25, -0.2) is 9.18 Å². The van der Waals surface area contributed by atoms with Crippen LogP contribution in [-0.2, 0) is 4.89 Å². The molecule has 2 rings (SSSR count). The highest BCUT2D eigenvalue weighted by Gasteiger charge is 2.18. The van der Waals surface area contributed by atoms with E-state index in [9.17, 15) is 9.18 Å². The Labute approximate surface area is 91.7 Å². The maximum atomic E-state index is 13.4. The van der Waals surface area contributed by atoms with Gasteiger partial charge in [0.2, 0.25) is 0 Å². The van der Waals surface area contributed by atoms with Crippen LogP contribution in [0.3, 0.4) is 0 Å². The van der Waals surface area contributed by atoms with E-state index >= 15 is 0 Å². The van der Waals surface area contributed by atoms with Crippen molar-refractivity contribution in [2.24, 2.45) is 0 Å². The van der Waals surface area contributed by atoms with E-state index in [-0.39, 0.29) is 10.9 Å². The van der Waals surface area contributed by atoms with E-state index in [1.807, 2.05) is 0 Å². The van der Waals surface area contributed by atoms with E-state index in [0.717, 1.165) is 0 Å². The van der Waals surface area contributed by atoms with Crippen LogP contribution < -0.4 is 0 Å². The van der Waals surface area contributed by atoms with Crippen LogP contribution in [0.5, 0.6) is 0 Å². The summed E-state index contributed by atoms with van der Waals surface area (Å²) >= 11 is 3.20. The molecule has 78 valence electrons. The van der Waals surface area contributed by atoms with Crippen LogP contribution in [0, 0.1) is 5.82 Å². The van der Waals surface area contributed by atoms with Crippen LogP contribution in [0.2, 0.25) is 0 Å². The Morgan fingerprint density at radius 2 is 2.27 bits per heavy atom. The molecule has 0 spiro atoms. The quantitative estimate of drug-likeness (QED) is 0.620. The van der Waals surface area contributed by atoms with Gasteiger partial charge >= 0.3 is 5.97 Å². The minimum Gasteiger partial charge on any atom is -0.359 e. The van der Waals surface area contributed by atoms with Crippen LogP contribution in [0.15, 0.2) is 22.8 Å². The van der Waals surface area contributed by atoms with Gasteiger partial charge in [-0.05, 0) is 28.1 Å². The van der Waals surface area contributed by atoms with Gasteiger partial charge in [-0.1, -0.05) is 0 Å². The molecule has 0 aliphatic rings. The molecule has 0 aliphatic carbocycles. The third-order valence-electron chi connectivity index (χ3n) is 2.04. The SMILES string of the molecule is O=C(OO)c1c[nH]c2c(Br)ccc(F)c12. The van der Waals surface area contributed by atoms with Gasteiger partial charge < -0.3 is 4.98 Å². The highest BCUT2D eigenvalue weighted by molar-refractivity contribution is 9.10. The van der Waals surface area contributed by atoms with Gasteiger partial charge in [0.25, 0.3) is 0 Å². The number of halogens is 2. The van der Waals surface area contributed by atoms with Gasteiger partial charge in [0.1, 0.15) is 5.82 Å². The number of rotatable bonds is 1. The predicted molar refractivity (Wildman–Crippen MR) is 54.0 cm³/mol. The first-order valence-electron chi connectivity index (χ1n) is 3.96. The van der Waals surface area contributed by atoms with Crippen molar-refractivity contribution < 1.29 is 19.3 Å². The number of nitrogens with one attached hydrogen (secondary N) is 1. The van der Waals surface area contributed by atoms with Crippen molar-refractivity contribution in [3.05, 3.63) is 34.2 Å². The molecule has 0 atom stereocenters. The van der Waals surface area contributed by atoms with E-state index in [0.29, 0.717) is 9.99 Å². The molecule has 1 aromatic carbocycles. The predicted octanol–water partition coefficient (Wildman–Crippen LogP) is 2.70. The number of hydrogen-bond acceptors (Lipinski definition) is 3. The van der Waals surface area contributed by atoms with Crippen molar-refractivity contribution in [1.82, 2.24) is 4.98 Å². The summed E-state index contributed by atoms with van der Waals surface area (Å²) in [5, 5.41) is 8.32. The summed E-state index contributed by atoms with van der Waals surface area (Å²) in [4.78, 5) is 17.3. The summed E-state index contributed by atoms with van der Waals surface area (Å²) in [6.45, 7) is 0. The van der Waals surface area contributed by atoms with Crippen LogP contribution in [0.4, 0.5) is 4.39 Å². The number of hydrogen-bond donors (Lipinski definition) is 2. The highest BCUT2D eigenvalue weighted by atomic mass is 79.9. The lowest BCUT2D eigenvalue weighted by Crippen LogP contribution is -2.00.